The Morgan fingerprint density at radius 2 is 1.15 bits per heavy atom. The first kappa shape index (κ1) is 13.7. The molecule has 0 aliphatic rings. The first-order valence-electron chi connectivity index (χ1n) is 6.25. The van der Waals surface area contributed by atoms with Crippen molar-refractivity contribution in [2.45, 2.75) is 0 Å². The number of nitriles is 2. The Bertz CT molecular complexity index is 685. The van der Waals surface area contributed by atoms with Crippen LogP contribution in [0.4, 0.5) is 11.4 Å². The quantitative estimate of drug-likeness (QED) is 0.837. The zero-order chi connectivity index (χ0) is 14.9. The minimum Gasteiger partial charge on any atom is -0.376 e. The van der Waals surface area contributed by atoms with Gasteiger partial charge in [-0.3, -0.25) is 0 Å². The summed E-state index contributed by atoms with van der Waals surface area (Å²) in [6.45, 7) is 0. The van der Waals surface area contributed by atoms with Crippen molar-refractivity contribution in [3.05, 3.63) is 35.4 Å². The summed E-state index contributed by atoms with van der Waals surface area (Å²) in [7, 11) is 7.64. The van der Waals surface area contributed by atoms with Crippen LogP contribution < -0.4 is 9.80 Å². The number of hydrogen-bond acceptors (Lipinski definition) is 4. The second-order valence-electron chi connectivity index (χ2n) is 5.03. The third-order valence-electron chi connectivity index (χ3n) is 3.27. The Kier molecular flexibility index (Phi) is 3.50. The molecular weight excluding hydrogens is 248 g/mol. The zero-order valence-electron chi connectivity index (χ0n) is 12.1. The van der Waals surface area contributed by atoms with Gasteiger partial charge in [0.1, 0.15) is 12.1 Å². The van der Waals surface area contributed by atoms with Crippen LogP contribution in [0.3, 0.4) is 0 Å². The average Bonchev–Trinajstić information content (AvgIpc) is 2.43. The lowest BCUT2D eigenvalue weighted by Crippen LogP contribution is -2.15. The van der Waals surface area contributed by atoms with E-state index in [0.29, 0.717) is 11.1 Å². The fourth-order valence-corrected chi connectivity index (χ4v) is 2.49. The molecule has 0 atom stereocenters. The van der Waals surface area contributed by atoms with E-state index in [1.807, 2.05) is 62.3 Å². The highest BCUT2D eigenvalue weighted by Gasteiger charge is 2.17. The molecule has 0 heterocycles. The van der Waals surface area contributed by atoms with Crippen molar-refractivity contribution in [1.29, 1.82) is 10.5 Å². The Morgan fingerprint density at radius 1 is 0.750 bits per heavy atom. The molecule has 0 aliphatic carbocycles. The minimum atomic E-state index is 0.612. The molecule has 0 N–H and O–H groups in total. The number of rotatable bonds is 2. The van der Waals surface area contributed by atoms with Gasteiger partial charge in [-0.05, 0) is 17.5 Å². The Labute approximate surface area is 119 Å². The lowest BCUT2D eigenvalue weighted by Gasteiger charge is -2.23. The van der Waals surface area contributed by atoms with Crippen molar-refractivity contribution >= 4 is 22.1 Å². The standard InChI is InChI=1S/C16H16N4/c1-19(2)15-12(9-17)7-5-11-6-8-13(10-18)16(14(11)15)20(3)4/h5-8H,1-4H3. The summed E-state index contributed by atoms with van der Waals surface area (Å²) < 4.78 is 0. The second-order valence-corrected chi connectivity index (χ2v) is 5.03. The summed E-state index contributed by atoms with van der Waals surface area (Å²) in [5, 5.41) is 20.6. The monoisotopic (exact) mass is 264 g/mol. The van der Waals surface area contributed by atoms with Crippen LogP contribution >= 0.6 is 0 Å². The largest absolute Gasteiger partial charge is 0.376 e. The third-order valence-corrected chi connectivity index (χ3v) is 3.27. The molecule has 0 amide bonds. The first-order chi connectivity index (χ1) is 9.51. The van der Waals surface area contributed by atoms with Crippen molar-refractivity contribution in [2.75, 3.05) is 38.0 Å². The molecule has 20 heavy (non-hydrogen) atoms. The van der Waals surface area contributed by atoms with Gasteiger partial charge in [0.05, 0.1) is 22.5 Å². The van der Waals surface area contributed by atoms with E-state index in [0.717, 1.165) is 22.1 Å². The molecule has 0 saturated carbocycles. The van der Waals surface area contributed by atoms with Crippen LogP contribution in [0.5, 0.6) is 0 Å². The molecular formula is C16H16N4. The highest BCUT2D eigenvalue weighted by Crippen LogP contribution is 2.38. The van der Waals surface area contributed by atoms with Crippen molar-refractivity contribution in [3.63, 3.8) is 0 Å². The second kappa shape index (κ2) is 5.11. The SMILES string of the molecule is CN(C)c1c(C#N)ccc2ccc(C#N)c(N(C)C)c12. The van der Waals surface area contributed by atoms with Crippen LogP contribution in [-0.4, -0.2) is 28.2 Å². The van der Waals surface area contributed by atoms with E-state index < -0.39 is 0 Å². The molecule has 0 bridgehead atoms. The molecule has 2 rings (SSSR count). The molecule has 0 aromatic heterocycles. The van der Waals surface area contributed by atoms with Crippen molar-refractivity contribution in [1.82, 2.24) is 0 Å². The van der Waals surface area contributed by atoms with Crippen LogP contribution in [0, 0.1) is 22.7 Å². The van der Waals surface area contributed by atoms with Gasteiger partial charge in [-0.25, -0.2) is 0 Å². The van der Waals surface area contributed by atoms with Gasteiger partial charge in [-0.1, -0.05) is 12.1 Å². The Balaban J connectivity index is 3.05. The zero-order valence-corrected chi connectivity index (χ0v) is 12.1. The first-order valence-corrected chi connectivity index (χ1v) is 6.25. The fourth-order valence-electron chi connectivity index (χ4n) is 2.49. The topological polar surface area (TPSA) is 54.1 Å². The molecule has 0 unspecified atom stereocenters. The number of nitrogens with zero attached hydrogens (tertiary/aromatic N) is 4. The van der Waals surface area contributed by atoms with Crippen LogP contribution in [0.1, 0.15) is 11.1 Å². The van der Waals surface area contributed by atoms with Crippen LogP contribution in [0.2, 0.25) is 0 Å². The molecule has 0 aliphatic heterocycles. The molecule has 0 fully saturated rings. The summed E-state index contributed by atoms with van der Waals surface area (Å²) in [6, 6.07) is 12.0. The average molecular weight is 264 g/mol. The maximum Gasteiger partial charge on any atom is 0.101 e. The van der Waals surface area contributed by atoms with Crippen LogP contribution in [0.25, 0.3) is 10.8 Å². The lowest BCUT2D eigenvalue weighted by molar-refractivity contribution is 1.11. The van der Waals surface area contributed by atoms with E-state index in [1.54, 1.807) is 0 Å². The van der Waals surface area contributed by atoms with Gasteiger partial charge < -0.3 is 9.80 Å². The predicted molar refractivity (Wildman–Crippen MR) is 82.0 cm³/mol. The maximum absolute atomic E-state index is 9.33. The van der Waals surface area contributed by atoms with E-state index in [1.165, 1.54) is 0 Å². The van der Waals surface area contributed by atoms with Crippen LogP contribution in [0.15, 0.2) is 24.3 Å². The number of hydrogen-bond donors (Lipinski definition) is 0. The molecule has 0 radical (unpaired) electrons. The molecule has 2 aromatic carbocycles. The van der Waals surface area contributed by atoms with E-state index in [9.17, 15) is 10.5 Å². The van der Waals surface area contributed by atoms with Gasteiger partial charge in [0.25, 0.3) is 0 Å². The summed E-state index contributed by atoms with van der Waals surface area (Å²) in [5.74, 6) is 0. The molecule has 100 valence electrons. The van der Waals surface area contributed by atoms with Crippen molar-refractivity contribution in [2.24, 2.45) is 0 Å². The van der Waals surface area contributed by atoms with Crippen molar-refractivity contribution < 1.29 is 0 Å². The number of benzene rings is 2. The molecule has 2 aromatic rings. The number of anilines is 2. The summed E-state index contributed by atoms with van der Waals surface area (Å²) in [4.78, 5) is 3.85. The lowest BCUT2D eigenvalue weighted by atomic mass is 9.98. The highest BCUT2D eigenvalue weighted by molar-refractivity contribution is 6.07. The van der Waals surface area contributed by atoms with E-state index in [4.69, 9.17) is 0 Å². The third kappa shape index (κ3) is 2.02. The summed E-state index contributed by atoms with van der Waals surface area (Å²) in [5.41, 5.74) is 2.93. The van der Waals surface area contributed by atoms with E-state index in [-0.39, 0.29) is 0 Å². The smallest absolute Gasteiger partial charge is 0.101 e. The van der Waals surface area contributed by atoms with E-state index >= 15 is 0 Å². The highest BCUT2D eigenvalue weighted by atomic mass is 15.1. The molecule has 4 heteroatoms. The molecule has 4 nitrogen and oxygen atoms in total. The van der Waals surface area contributed by atoms with Gasteiger partial charge in [0.2, 0.25) is 0 Å². The van der Waals surface area contributed by atoms with Crippen molar-refractivity contribution in [3.8, 4) is 12.1 Å². The van der Waals surface area contributed by atoms with Gasteiger partial charge in [-0.2, -0.15) is 10.5 Å². The molecule has 0 saturated heterocycles. The summed E-state index contributed by atoms with van der Waals surface area (Å²) in [6.07, 6.45) is 0. The maximum atomic E-state index is 9.33. The van der Waals surface area contributed by atoms with Gasteiger partial charge in [0.15, 0.2) is 0 Å². The van der Waals surface area contributed by atoms with Gasteiger partial charge in [0, 0.05) is 33.6 Å². The summed E-state index contributed by atoms with van der Waals surface area (Å²) >= 11 is 0. The van der Waals surface area contributed by atoms with Gasteiger partial charge in [-0.15, -0.1) is 0 Å². The van der Waals surface area contributed by atoms with Crippen LogP contribution in [-0.2, 0) is 0 Å². The Hall–Kier alpha value is -2.72. The number of fused-ring (bicyclic) bond motifs is 1. The predicted octanol–water partition coefficient (Wildman–Crippen LogP) is 2.72. The van der Waals surface area contributed by atoms with E-state index in [2.05, 4.69) is 12.1 Å². The van der Waals surface area contributed by atoms with Gasteiger partial charge >= 0.3 is 0 Å². The Morgan fingerprint density at radius 3 is 1.45 bits per heavy atom. The minimum absolute atomic E-state index is 0.612. The fraction of sp³-hybridized carbons (Fsp3) is 0.250. The normalized spacial score (nSPS) is 9.90. The molecule has 0 spiro atoms.